The zero-order chi connectivity index (χ0) is 34.4. The second kappa shape index (κ2) is 17.5. The van der Waals surface area contributed by atoms with Gasteiger partial charge in [-0.25, -0.2) is 0 Å². The van der Waals surface area contributed by atoms with Gasteiger partial charge >= 0.3 is 0 Å². The molecular weight excluding hydrogens is 580 g/mol. The lowest BCUT2D eigenvalue weighted by molar-refractivity contribution is 0.368. The third-order valence-electron chi connectivity index (χ3n) is 8.58. The molecule has 0 saturated heterocycles. The summed E-state index contributed by atoms with van der Waals surface area (Å²) in [5, 5.41) is 40.1. The molecule has 0 bridgehead atoms. The first-order chi connectivity index (χ1) is 22.6. The molecule has 0 aliphatic heterocycles. The molecule has 5 rings (SSSR count). The van der Waals surface area contributed by atoms with Crippen LogP contribution < -0.4 is 0 Å². The number of allylic oxidation sites excluding steroid dienone is 3. The number of aliphatic hydroxyl groups excluding tert-OH is 1. The smallest absolute Gasteiger partial charge is 0.123 e. The van der Waals surface area contributed by atoms with E-state index in [9.17, 15) is 15.3 Å². The minimum absolute atomic E-state index is 0.101. The summed E-state index contributed by atoms with van der Waals surface area (Å²) in [5.74, 6) is 0.979. The van der Waals surface area contributed by atoms with Gasteiger partial charge < -0.3 is 20.4 Å². The monoisotopic (exact) mass is 628 g/mol. The number of hydrogen-bond acceptors (Lipinski definition) is 4. The van der Waals surface area contributed by atoms with E-state index in [0.717, 1.165) is 22.3 Å². The second-order valence-electron chi connectivity index (χ2n) is 11.4. The fourth-order valence-electron chi connectivity index (χ4n) is 5.52. The molecule has 2 atom stereocenters. The van der Waals surface area contributed by atoms with E-state index in [2.05, 4.69) is 50.2 Å². The summed E-state index contributed by atoms with van der Waals surface area (Å²) in [6.45, 7) is 12.1. The van der Waals surface area contributed by atoms with Crippen molar-refractivity contribution in [1.82, 2.24) is 0 Å². The van der Waals surface area contributed by atoms with Crippen LogP contribution in [0.25, 0.3) is 16.7 Å². The maximum absolute atomic E-state index is 11.0. The topological polar surface area (TPSA) is 80.9 Å². The Balaban J connectivity index is 0.000000518. The van der Waals surface area contributed by atoms with E-state index in [1.165, 1.54) is 5.56 Å². The molecular formula is C43H48O4. The SMILES string of the molecule is C/C=C(\C(O)=C/CC(C)C(C)(c1ccc(O)cc1)c1ccc(-c2ccccc2)cc1)c1ccccc1O.CC.Cc1ccccc1O. The molecule has 2 unspecified atom stereocenters. The molecule has 0 aliphatic rings. The Kier molecular flexibility index (Phi) is 13.5. The van der Waals surface area contributed by atoms with Crippen LogP contribution in [0, 0.1) is 12.8 Å². The highest BCUT2D eigenvalue weighted by Crippen LogP contribution is 2.42. The van der Waals surface area contributed by atoms with Crippen molar-refractivity contribution < 1.29 is 20.4 Å². The fourth-order valence-corrected chi connectivity index (χ4v) is 5.52. The number of aromatic hydroxyl groups is 3. The van der Waals surface area contributed by atoms with Crippen LogP contribution in [0.1, 0.15) is 63.3 Å². The molecule has 5 aromatic carbocycles. The number of benzene rings is 5. The number of aliphatic hydroxyl groups is 1. The predicted molar refractivity (Wildman–Crippen MR) is 197 cm³/mol. The van der Waals surface area contributed by atoms with Crippen LogP contribution in [0.3, 0.4) is 0 Å². The van der Waals surface area contributed by atoms with Gasteiger partial charge in [0.05, 0.1) is 0 Å². The van der Waals surface area contributed by atoms with Gasteiger partial charge in [-0.15, -0.1) is 0 Å². The Morgan fingerprint density at radius 3 is 1.66 bits per heavy atom. The minimum Gasteiger partial charge on any atom is -0.508 e. The maximum atomic E-state index is 11.0. The third kappa shape index (κ3) is 9.17. The molecule has 47 heavy (non-hydrogen) atoms. The number of phenolic OH excluding ortho intramolecular Hbond substituents is 3. The van der Waals surface area contributed by atoms with Gasteiger partial charge in [0.15, 0.2) is 0 Å². The summed E-state index contributed by atoms with van der Waals surface area (Å²) in [6.07, 6.45) is 4.26. The van der Waals surface area contributed by atoms with Crippen molar-refractivity contribution in [3.63, 3.8) is 0 Å². The Morgan fingerprint density at radius 1 is 0.660 bits per heavy atom. The third-order valence-corrected chi connectivity index (χ3v) is 8.58. The molecule has 4 N–H and O–H groups in total. The van der Waals surface area contributed by atoms with Gasteiger partial charge in [0.2, 0.25) is 0 Å². The lowest BCUT2D eigenvalue weighted by Crippen LogP contribution is -2.31. The molecule has 244 valence electrons. The van der Waals surface area contributed by atoms with E-state index < -0.39 is 0 Å². The van der Waals surface area contributed by atoms with Crippen molar-refractivity contribution in [3.8, 4) is 28.4 Å². The van der Waals surface area contributed by atoms with Crippen molar-refractivity contribution in [3.05, 3.63) is 168 Å². The van der Waals surface area contributed by atoms with E-state index >= 15 is 0 Å². The van der Waals surface area contributed by atoms with Gasteiger partial charge in [-0.05, 0) is 84.3 Å². The van der Waals surface area contributed by atoms with Gasteiger partial charge in [-0.1, -0.05) is 137 Å². The number of hydrogen-bond donors (Lipinski definition) is 4. The molecule has 0 fully saturated rings. The Bertz CT molecular complexity index is 1710. The molecule has 0 amide bonds. The average molecular weight is 629 g/mol. The lowest BCUT2D eigenvalue weighted by atomic mass is 9.66. The summed E-state index contributed by atoms with van der Waals surface area (Å²) >= 11 is 0. The first kappa shape index (κ1) is 36.3. The minimum atomic E-state index is -0.384. The van der Waals surface area contributed by atoms with Crippen molar-refractivity contribution >= 4 is 5.57 Å². The highest BCUT2D eigenvalue weighted by Gasteiger charge is 2.34. The van der Waals surface area contributed by atoms with Crippen LogP contribution in [0.4, 0.5) is 0 Å². The summed E-state index contributed by atoms with van der Waals surface area (Å²) in [5.41, 5.74) is 6.31. The maximum Gasteiger partial charge on any atom is 0.123 e. The number of rotatable bonds is 8. The molecule has 4 heteroatoms. The van der Waals surface area contributed by atoms with E-state index in [0.29, 0.717) is 23.3 Å². The summed E-state index contributed by atoms with van der Waals surface area (Å²) in [7, 11) is 0. The van der Waals surface area contributed by atoms with Crippen LogP contribution in [0.2, 0.25) is 0 Å². The normalized spacial score (nSPS) is 13.2. The zero-order valence-electron chi connectivity index (χ0n) is 28.4. The Hall–Kier alpha value is -5.22. The first-order valence-corrected chi connectivity index (χ1v) is 16.2. The van der Waals surface area contributed by atoms with Crippen LogP contribution in [0.5, 0.6) is 17.2 Å². The molecule has 4 nitrogen and oxygen atoms in total. The number of aryl methyl sites for hydroxylation is 1. The number of para-hydroxylation sites is 2. The van der Waals surface area contributed by atoms with Crippen molar-refractivity contribution in [1.29, 1.82) is 0 Å². The predicted octanol–water partition coefficient (Wildman–Crippen LogP) is 11.4. The van der Waals surface area contributed by atoms with E-state index in [1.54, 1.807) is 36.4 Å². The highest BCUT2D eigenvalue weighted by molar-refractivity contribution is 5.79. The molecule has 0 spiro atoms. The standard InChI is InChI=1S/C34H34O3.C7H8O.C2H6/c1-4-30(31-12-8-9-13-32(31)36)33(37)23-14-24(2)34(3,28-19-21-29(35)22-20-28)27-17-15-26(16-18-27)25-10-6-5-7-11-25;1-6-4-2-3-5-7(6)8;1-2/h4-13,15-24,35-37H,14H2,1-3H3;2-5,8H,1H3;1-2H3/b30-4-,33-23+;;. The molecule has 0 saturated carbocycles. The van der Waals surface area contributed by atoms with Crippen molar-refractivity contribution in [2.45, 2.75) is 53.4 Å². The van der Waals surface area contributed by atoms with E-state index in [1.807, 2.05) is 94.4 Å². The molecule has 0 heterocycles. The second-order valence-corrected chi connectivity index (χ2v) is 11.4. The molecule has 5 aromatic rings. The fraction of sp³-hybridized carbons (Fsp3) is 0.209. The van der Waals surface area contributed by atoms with Gasteiger partial charge in [0.25, 0.3) is 0 Å². The van der Waals surface area contributed by atoms with Crippen LogP contribution in [0.15, 0.2) is 145 Å². The molecule has 0 radical (unpaired) electrons. The quantitative estimate of drug-likeness (QED) is 0.102. The average Bonchev–Trinajstić information content (AvgIpc) is 3.11. The van der Waals surface area contributed by atoms with Crippen LogP contribution >= 0.6 is 0 Å². The largest absolute Gasteiger partial charge is 0.508 e. The Labute approximate surface area is 280 Å². The summed E-state index contributed by atoms with van der Waals surface area (Å²) in [6, 6.07) is 40.6. The van der Waals surface area contributed by atoms with Gasteiger partial charge in [-0.3, -0.25) is 0 Å². The van der Waals surface area contributed by atoms with Crippen LogP contribution in [-0.4, -0.2) is 20.4 Å². The first-order valence-electron chi connectivity index (χ1n) is 16.2. The molecule has 0 aromatic heterocycles. The summed E-state index contributed by atoms with van der Waals surface area (Å²) < 4.78 is 0. The van der Waals surface area contributed by atoms with E-state index in [4.69, 9.17) is 5.11 Å². The van der Waals surface area contributed by atoms with Gasteiger partial charge in [-0.2, -0.15) is 0 Å². The van der Waals surface area contributed by atoms with Gasteiger partial charge in [0, 0.05) is 16.6 Å². The molecule has 0 aliphatic carbocycles. The zero-order valence-corrected chi connectivity index (χ0v) is 28.4. The van der Waals surface area contributed by atoms with Crippen molar-refractivity contribution in [2.75, 3.05) is 0 Å². The van der Waals surface area contributed by atoms with Gasteiger partial charge in [0.1, 0.15) is 23.0 Å². The van der Waals surface area contributed by atoms with Crippen molar-refractivity contribution in [2.24, 2.45) is 5.92 Å². The highest BCUT2D eigenvalue weighted by atomic mass is 16.3. The lowest BCUT2D eigenvalue weighted by Gasteiger charge is -2.37. The van der Waals surface area contributed by atoms with E-state index in [-0.39, 0.29) is 28.6 Å². The summed E-state index contributed by atoms with van der Waals surface area (Å²) in [4.78, 5) is 0. The van der Waals surface area contributed by atoms with Crippen LogP contribution in [-0.2, 0) is 5.41 Å². The number of phenols is 3. The Morgan fingerprint density at radius 2 is 1.15 bits per heavy atom.